The van der Waals surface area contributed by atoms with Gasteiger partial charge in [-0.1, -0.05) is 19.9 Å². The molecule has 0 bridgehead atoms. The number of fused-ring (bicyclic) bond motifs is 1. The maximum atomic E-state index is 14.1. The van der Waals surface area contributed by atoms with E-state index >= 15 is 0 Å². The highest BCUT2D eigenvalue weighted by atomic mass is 19.2. The van der Waals surface area contributed by atoms with E-state index in [1.807, 2.05) is 13.8 Å². The predicted molar refractivity (Wildman–Crippen MR) is 159 cm³/mol. The van der Waals surface area contributed by atoms with Crippen LogP contribution >= 0.6 is 0 Å². The van der Waals surface area contributed by atoms with Crippen LogP contribution < -0.4 is 10.9 Å². The Labute approximate surface area is 248 Å². The summed E-state index contributed by atoms with van der Waals surface area (Å²) in [6, 6.07) is 5.14. The number of likely N-dealkylation sites (N-methyl/N-ethyl adjacent to an activating group) is 1. The summed E-state index contributed by atoms with van der Waals surface area (Å²) >= 11 is 0. The van der Waals surface area contributed by atoms with Crippen molar-refractivity contribution in [1.29, 1.82) is 0 Å². The zero-order valence-electron chi connectivity index (χ0n) is 25.0. The first-order chi connectivity index (χ1) is 20.3. The van der Waals surface area contributed by atoms with Gasteiger partial charge in [-0.2, -0.15) is 0 Å². The van der Waals surface area contributed by atoms with E-state index in [-0.39, 0.29) is 36.6 Å². The van der Waals surface area contributed by atoms with Crippen molar-refractivity contribution < 1.29 is 28.3 Å². The zero-order valence-corrected chi connectivity index (χ0v) is 25.0. The average molecular weight is 601 g/mol. The molecule has 0 radical (unpaired) electrons. The Morgan fingerprint density at radius 1 is 1.12 bits per heavy atom. The minimum atomic E-state index is -1.21. The lowest BCUT2D eigenvalue weighted by Gasteiger charge is -2.21. The third kappa shape index (κ3) is 8.72. The number of allylic oxidation sites excluding steroid dienone is 1. The Balaban J connectivity index is 1.86. The number of pyridine rings is 1. The third-order valence-electron chi connectivity index (χ3n) is 6.96. The van der Waals surface area contributed by atoms with Crippen LogP contribution in [0.25, 0.3) is 11.0 Å². The fourth-order valence-corrected chi connectivity index (χ4v) is 4.42. The summed E-state index contributed by atoms with van der Waals surface area (Å²) < 4.78 is 31.1. The van der Waals surface area contributed by atoms with E-state index in [0.717, 1.165) is 23.5 Å². The van der Waals surface area contributed by atoms with Gasteiger partial charge >= 0.3 is 6.09 Å². The van der Waals surface area contributed by atoms with Gasteiger partial charge in [0.05, 0.1) is 23.5 Å². The second-order valence-corrected chi connectivity index (χ2v) is 11.0. The molecule has 3 aromatic rings. The molecule has 13 heteroatoms. The predicted octanol–water partition coefficient (Wildman–Crippen LogP) is 4.16. The van der Waals surface area contributed by atoms with Gasteiger partial charge in [0.2, 0.25) is 11.8 Å². The van der Waals surface area contributed by atoms with Crippen LogP contribution in [0.15, 0.2) is 47.4 Å². The summed E-state index contributed by atoms with van der Waals surface area (Å²) in [5.74, 6) is -2.84. The largest absolute Gasteiger partial charge is 0.465 e. The molecular formula is C30H38F2N6O5. The number of nitrogens with zero attached hydrogens (tertiary/aromatic N) is 5. The lowest BCUT2D eigenvalue weighted by atomic mass is 10.0. The summed E-state index contributed by atoms with van der Waals surface area (Å²) in [6.07, 6.45) is 4.61. The molecule has 3 amide bonds. The fraction of sp³-hybridized carbons (Fsp3) is 0.433. The molecule has 43 heavy (non-hydrogen) atoms. The van der Waals surface area contributed by atoms with Gasteiger partial charge in [0.1, 0.15) is 11.5 Å². The van der Waals surface area contributed by atoms with E-state index in [0.29, 0.717) is 30.2 Å². The van der Waals surface area contributed by atoms with Crippen molar-refractivity contribution in [2.45, 2.75) is 46.2 Å². The molecule has 0 spiro atoms. The van der Waals surface area contributed by atoms with Crippen LogP contribution in [0.3, 0.4) is 0 Å². The first-order valence-corrected chi connectivity index (χ1v) is 13.9. The van der Waals surface area contributed by atoms with E-state index < -0.39 is 35.1 Å². The zero-order chi connectivity index (χ0) is 31.8. The van der Waals surface area contributed by atoms with Crippen molar-refractivity contribution in [2.24, 2.45) is 11.8 Å². The van der Waals surface area contributed by atoms with Gasteiger partial charge in [0, 0.05) is 52.6 Å². The van der Waals surface area contributed by atoms with Gasteiger partial charge in [-0.05, 0) is 43.4 Å². The van der Waals surface area contributed by atoms with Gasteiger partial charge in [0.25, 0.3) is 5.56 Å². The smallest absolute Gasteiger partial charge is 0.407 e. The van der Waals surface area contributed by atoms with Crippen LogP contribution in [0.1, 0.15) is 38.9 Å². The van der Waals surface area contributed by atoms with Gasteiger partial charge in [-0.15, -0.1) is 0 Å². The number of imidazole rings is 1. The molecular weight excluding hydrogens is 562 g/mol. The Bertz CT molecular complexity index is 1560. The highest BCUT2D eigenvalue weighted by molar-refractivity contribution is 5.92. The number of hydrogen-bond acceptors (Lipinski definition) is 5. The summed E-state index contributed by atoms with van der Waals surface area (Å²) in [5.41, 5.74) is 0.133. The fourth-order valence-electron chi connectivity index (χ4n) is 4.42. The highest BCUT2D eigenvalue weighted by Crippen LogP contribution is 2.22. The number of aromatic nitrogens is 3. The summed E-state index contributed by atoms with van der Waals surface area (Å²) in [6.45, 7) is 4.42. The number of halogens is 2. The van der Waals surface area contributed by atoms with Crippen molar-refractivity contribution in [1.82, 2.24) is 23.9 Å². The van der Waals surface area contributed by atoms with Crippen LogP contribution in [0, 0.1) is 23.5 Å². The molecule has 11 nitrogen and oxygen atoms in total. The van der Waals surface area contributed by atoms with Crippen molar-refractivity contribution in [2.75, 3.05) is 33.0 Å². The van der Waals surface area contributed by atoms with Crippen molar-refractivity contribution in [3.63, 3.8) is 0 Å². The average Bonchev–Trinajstić information content (AvgIpc) is 3.26. The van der Waals surface area contributed by atoms with Gasteiger partial charge in [0.15, 0.2) is 11.6 Å². The van der Waals surface area contributed by atoms with Gasteiger partial charge in [-0.25, -0.2) is 18.6 Å². The monoisotopic (exact) mass is 600 g/mol. The van der Waals surface area contributed by atoms with E-state index in [4.69, 9.17) is 0 Å². The van der Waals surface area contributed by atoms with Crippen LogP contribution in [0.5, 0.6) is 0 Å². The third-order valence-corrected chi connectivity index (χ3v) is 6.96. The van der Waals surface area contributed by atoms with Crippen LogP contribution in [0.4, 0.5) is 19.3 Å². The molecule has 0 unspecified atom stereocenters. The Kier molecular flexibility index (Phi) is 11.2. The summed E-state index contributed by atoms with van der Waals surface area (Å²) in [7, 11) is 4.56. The van der Waals surface area contributed by atoms with Crippen molar-refractivity contribution in [3.05, 3.63) is 70.4 Å². The summed E-state index contributed by atoms with van der Waals surface area (Å²) in [5, 5.41) is 12.0. The number of carboxylic acid groups (broad SMARTS) is 1. The number of carbonyl (C=O) groups is 3. The molecule has 2 N–H and O–H groups in total. The number of carbonyl (C=O) groups excluding carboxylic acids is 2. The molecule has 0 aliphatic rings. The number of hydrogen-bond donors (Lipinski definition) is 2. The van der Waals surface area contributed by atoms with Crippen LogP contribution in [-0.2, 0) is 22.7 Å². The SMILES string of the molecule is CC(C)CCn1c(Cn2cccc(NC(=O)[C@@H](CC/C=C/C(=O)N(C)C)CN(C)C(=O)O)c2=O)nc2cc(F)c(F)cc21. The molecule has 0 saturated carbocycles. The lowest BCUT2D eigenvalue weighted by molar-refractivity contribution is -0.123. The molecule has 2 heterocycles. The van der Waals surface area contributed by atoms with Crippen LogP contribution in [0.2, 0.25) is 0 Å². The normalized spacial score (nSPS) is 12.2. The van der Waals surface area contributed by atoms with E-state index in [9.17, 15) is 33.1 Å². The van der Waals surface area contributed by atoms with Gasteiger partial charge < -0.3 is 29.4 Å². The number of aryl methyl sites for hydroxylation is 1. The van der Waals surface area contributed by atoms with Crippen molar-refractivity contribution in [3.8, 4) is 0 Å². The number of amides is 3. The summed E-state index contributed by atoms with van der Waals surface area (Å²) in [4.78, 5) is 56.7. The first-order valence-electron chi connectivity index (χ1n) is 13.9. The topological polar surface area (TPSA) is 130 Å². The molecule has 2 aromatic heterocycles. The minimum Gasteiger partial charge on any atom is -0.465 e. The number of anilines is 1. The number of benzene rings is 1. The standard InChI is InChI=1S/C30H38F2N6O5/c1-19(2)12-14-38-25-16-22(32)21(31)15-24(25)33-26(38)18-37-13-8-10-23(29(37)41)34-28(40)20(17-36(5)30(42)43)9-6-7-11-27(39)35(3)4/h7-8,10-11,13,15-16,19-20H,6,9,12,14,17-18H2,1-5H3,(H,34,40)(H,42,43)/b11-7+/t20-/m0/s1. The molecule has 1 aromatic carbocycles. The first kappa shape index (κ1) is 33.0. The van der Waals surface area contributed by atoms with E-state index in [1.54, 1.807) is 30.8 Å². The molecule has 0 saturated heterocycles. The lowest BCUT2D eigenvalue weighted by Crippen LogP contribution is -2.37. The maximum absolute atomic E-state index is 14.1. The number of rotatable bonds is 13. The maximum Gasteiger partial charge on any atom is 0.407 e. The minimum absolute atomic E-state index is 0.0178. The Morgan fingerprint density at radius 3 is 2.47 bits per heavy atom. The quantitative estimate of drug-likeness (QED) is 0.284. The van der Waals surface area contributed by atoms with E-state index in [1.165, 1.54) is 34.9 Å². The molecule has 3 rings (SSSR count). The van der Waals surface area contributed by atoms with E-state index in [2.05, 4.69) is 10.3 Å². The highest BCUT2D eigenvalue weighted by Gasteiger charge is 2.23. The Morgan fingerprint density at radius 2 is 1.81 bits per heavy atom. The van der Waals surface area contributed by atoms with Crippen molar-refractivity contribution >= 4 is 34.6 Å². The van der Waals surface area contributed by atoms with Crippen LogP contribution in [-0.4, -0.2) is 74.6 Å². The molecule has 232 valence electrons. The van der Waals surface area contributed by atoms with Gasteiger partial charge in [-0.3, -0.25) is 14.4 Å². The molecule has 0 aliphatic heterocycles. The second kappa shape index (κ2) is 14.6. The molecule has 0 fully saturated rings. The molecule has 0 aliphatic carbocycles. The molecule has 1 atom stereocenters. The second-order valence-electron chi connectivity index (χ2n) is 11.0. The Hall–Kier alpha value is -4.55. The number of nitrogens with one attached hydrogen (secondary N) is 1.